The summed E-state index contributed by atoms with van der Waals surface area (Å²) in [6, 6.07) is 11.2. The van der Waals surface area contributed by atoms with Crippen LogP contribution in [0.25, 0.3) is 5.76 Å². The minimum Gasteiger partial charge on any atom is -0.507 e. The number of halogens is 2. The Balaban J connectivity index is 1.89. The number of rotatable bonds is 5. The Kier molecular flexibility index (Phi) is 5.86. The lowest BCUT2D eigenvalue weighted by molar-refractivity contribution is -0.140. The SMILES string of the molecule is COc1ccc(/C(O)=C2/C(=O)C(=O)N(Cc3ccco3)C2c2ccc(O)c(Cl)c2)cc1Cl. The Labute approximate surface area is 193 Å². The number of benzene rings is 2. The summed E-state index contributed by atoms with van der Waals surface area (Å²) < 4.78 is 10.5. The predicted molar refractivity (Wildman–Crippen MR) is 118 cm³/mol. The summed E-state index contributed by atoms with van der Waals surface area (Å²) in [7, 11) is 1.45. The highest BCUT2D eigenvalue weighted by Gasteiger charge is 2.46. The third kappa shape index (κ3) is 3.81. The monoisotopic (exact) mass is 473 g/mol. The fourth-order valence-electron chi connectivity index (χ4n) is 3.62. The van der Waals surface area contributed by atoms with Gasteiger partial charge in [0.1, 0.15) is 23.0 Å². The van der Waals surface area contributed by atoms with Crippen LogP contribution in [-0.2, 0) is 16.1 Å². The number of hydrogen-bond donors (Lipinski definition) is 2. The van der Waals surface area contributed by atoms with E-state index in [1.807, 2.05) is 0 Å². The summed E-state index contributed by atoms with van der Waals surface area (Å²) in [6.07, 6.45) is 1.46. The number of aliphatic hydroxyl groups excluding tert-OH is 1. The van der Waals surface area contributed by atoms with Crippen molar-refractivity contribution in [2.45, 2.75) is 12.6 Å². The van der Waals surface area contributed by atoms with Crippen LogP contribution in [0.2, 0.25) is 10.0 Å². The molecule has 1 unspecified atom stereocenters. The Hall–Kier alpha value is -3.42. The molecule has 2 N–H and O–H groups in total. The minimum absolute atomic E-state index is 0.0130. The molecule has 7 nitrogen and oxygen atoms in total. The second-order valence-corrected chi connectivity index (χ2v) is 7.88. The van der Waals surface area contributed by atoms with Gasteiger partial charge in [-0.25, -0.2) is 0 Å². The topological polar surface area (TPSA) is 100 Å². The van der Waals surface area contributed by atoms with Gasteiger partial charge in [-0.3, -0.25) is 9.59 Å². The number of ether oxygens (including phenoxy) is 1. The van der Waals surface area contributed by atoms with Gasteiger partial charge in [0, 0.05) is 5.56 Å². The Morgan fingerprint density at radius 3 is 2.53 bits per heavy atom. The predicted octanol–water partition coefficient (Wildman–Crippen LogP) is 4.92. The van der Waals surface area contributed by atoms with Crippen molar-refractivity contribution in [3.05, 3.63) is 87.3 Å². The number of aliphatic hydroxyl groups is 1. The number of carbonyl (C=O) groups excluding carboxylic acids is 2. The highest BCUT2D eigenvalue weighted by Crippen LogP contribution is 2.42. The number of carbonyl (C=O) groups is 2. The number of ketones is 1. The maximum Gasteiger partial charge on any atom is 0.296 e. The lowest BCUT2D eigenvalue weighted by Gasteiger charge is -2.24. The van der Waals surface area contributed by atoms with E-state index in [0.717, 1.165) is 0 Å². The average molecular weight is 474 g/mol. The average Bonchev–Trinajstić information content (AvgIpc) is 3.37. The third-order valence-corrected chi connectivity index (χ3v) is 5.76. The number of nitrogens with zero attached hydrogens (tertiary/aromatic N) is 1. The van der Waals surface area contributed by atoms with Gasteiger partial charge in [0.25, 0.3) is 11.7 Å². The lowest BCUT2D eigenvalue weighted by Crippen LogP contribution is -2.29. The van der Waals surface area contributed by atoms with Crippen molar-refractivity contribution >= 4 is 40.7 Å². The molecule has 0 radical (unpaired) electrons. The van der Waals surface area contributed by atoms with E-state index >= 15 is 0 Å². The molecule has 164 valence electrons. The van der Waals surface area contributed by atoms with Crippen molar-refractivity contribution in [3.8, 4) is 11.5 Å². The van der Waals surface area contributed by atoms with E-state index in [1.165, 1.54) is 48.6 Å². The van der Waals surface area contributed by atoms with Crippen molar-refractivity contribution in [3.63, 3.8) is 0 Å². The summed E-state index contributed by atoms with van der Waals surface area (Å²) in [6.45, 7) is -0.0130. The molecule has 1 amide bonds. The summed E-state index contributed by atoms with van der Waals surface area (Å²) in [5, 5.41) is 21.2. The van der Waals surface area contributed by atoms with Crippen LogP contribution in [0.4, 0.5) is 0 Å². The molecule has 0 bridgehead atoms. The molecule has 0 aliphatic carbocycles. The molecule has 0 saturated carbocycles. The smallest absolute Gasteiger partial charge is 0.296 e. The lowest BCUT2D eigenvalue weighted by atomic mass is 9.95. The maximum absolute atomic E-state index is 13.0. The normalized spacial score (nSPS) is 17.7. The van der Waals surface area contributed by atoms with Gasteiger partial charge < -0.3 is 24.3 Å². The molecule has 1 aromatic heterocycles. The largest absolute Gasteiger partial charge is 0.507 e. The van der Waals surface area contributed by atoms with Gasteiger partial charge in [0.15, 0.2) is 0 Å². The van der Waals surface area contributed by atoms with Crippen molar-refractivity contribution < 1.29 is 29.0 Å². The van der Waals surface area contributed by atoms with Gasteiger partial charge in [-0.05, 0) is 48.0 Å². The molecule has 0 spiro atoms. The number of hydrogen-bond acceptors (Lipinski definition) is 6. The van der Waals surface area contributed by atoms with E-state index < -0.39 is 23.5 Å². The Bertz CT molecular complexity index is 1240. The van der Waals surface area contributed by atoms with Gasteiger partial charge in [0.05, 0.1) is 41.6 Å². The molecule has 2 aromatic carbocycles. The van der Waals surface area contributed by atoms with Crippen LogP contribution in [-0.4, -0.2) is 33.9 Å². The van der Waals surface area contributed by atoms with E-state index in [0.29, 0.717) is 17.1 Å². The van der Waals surface area contributed by atoms with E-state index in [-0.39, 0.29) is 33.5 Å². The highest BCUT2D eigenvalue weighted by molar-refractivity contribution is 6.46. The summed E-state index contributed by atoms with van der Waals surface area (Å²) in [4.78, 5) is 27.2. The zero-order chi connectivity index (χ0) is 23.0. The molecule has 1 aliphatic heterocycles. The molecule has 3 aromatic rings. The van der Waals surface area contributed by atoms with Crippen molar-refractivity contribution in [2.75, 3.05) is 7.11 Å². The quantitative estimate of drug-likeness (QED) is 0.309. The fourth-order valence-corrected chi connectivity index (χ4v) is 4.07. The zero-order valence-corrected chi connectivity index (χ0v) is 18.2. The van der Waals surface area contributed by atoms with Crippen LogP contribution in [0, 0.1) is 0 Å². The van der Waals surface area contributed by atoms with Crippen LogP contribution < -0.4 is 4.74 Å². The number of phenols is 1. The zero-order valence-electron chi connectivity index (χ0n) is 16.7. The standard InChI is InChI=1S/C23H17Cl2NO6/c1-31-18-7-5-13(10-16(18)25)21(28)19-20(12-4-6-17(27)15(24)9-12)26(23(30)22(19)29)11-14-3-2-8-32-14/h2-10,20,27-28H,11H2,1H3/b21-19-. The Morgan fingerprint density at radius 1 is 1.12 bits per heavy atom. The maximum atomic E-state index is 13.0. The number of aromatic hydroxyl groups is 1. The van der Waals surface area contributed by atoms with E-state index in [9.17, 15) is 19.8 Å². The molecule has 9 heteroatoms. The molecule has 1 atom stereocenters. The van der Waals surface area contributed by atoms with Gasteiger partial charge in [-0.1, -0.05) is 29.3 Å². The first kappa shape index (κ1) is 21.8. The molecule has 1 saturated heterocycles. The summed E-state index contributed by atoms with van der Waals surface area (Å²) in [5.41, 5.74) is 0.533. The number of Topliss-reactive ketones (excluding diaryl/α,β-unsaturated/α-hetero) is 1. The number of phenolic OH excluding ortho intramolecular Hbond substituents is 1. The minimum atomic E-state index is -0.973. The molecule has 1 fully saturated rings. The van der Waals surface area contributed by atoms with Crippen LogP contribution >= 0.6 is 23.2 Å². The fraction of sp³-hybridized carbons (Fsp3) is 0.130. The molecular formula is C23H17Cl2NO6. The number of furan rings is 1. The molecule has 1 aliphatic rings. The van der Waals surface area contributed by atoms with Crippen LogP contribution in [0.1, 0.15) is 22.9 Å². The van der Waals surface area contributed by atoms with Crippen molar-refractivity contribution in [1.29, 1.82) is 0 Å². The Morgan fingerprint density at radius 2 is 1.91 bits per heavy atom. The number of amides is 1. The number of likely N-dealkylation sites (tertiary alicyclic amines) is 1. The van der Waals surface area contributed by atoms with Gasteiger partial charge in [0.2, 0.25) is 0 Å². The first-order valence-electron chi connectivity index (χ1n) is 9.45. The van der Waals surface area contributed by atoms with Gasteiger partial charge >= 0.3 is 0 Å². The summed E-state index contributed by atoms with van der Waals surface area (Å²) in [5.74, 6) is -1.38. The third-order valence-electron chi connectivity index (χ3n) is 5.16. The van der Waals surface area contributed by atoms with E-state index in [1.54, 1.807) is 18.2 Å². The van der Waals surface area contributed by atoms with E-state index in [2.05, 4.69) is 0 Å². The number of methoxy groups -OCH3 is 1. The van der Waals surface area contributed by atoms with Gasteiger partial charge in [-0.15, -0.1) is 0 Å². The molecule has 4 rings (SSSR count). The molecular weight excluding hydrogens is 457 g/mol. The van der Waals surface area contributed by atoms with Gasteiger partial charge in [-0.2, -0.15) is 0 Å². The second kappa shape index (κ2) is 8.61. The van der Waals surface area contributed by atoms with Crippen molar-refractivity contribution in [1.82, 2.24) is 4.90 Å². The first-order valence-corrected chi connectivity index (χ1v) is 10.2. The van der Waals surface area contributed by atoms with Crippen LogP contribution in [0.5, 0.6) is 11.5 Å². The van der Waals surface area contributed by atoms with E-state index in [4.69, 9.17) is 32.4 Å². The molecule has 32 heavy (non-hydrogen) atoms. The molecule has 2 heterocycles. The van der Waals surface area contributed by atoms with Crippen molar-refractivity contribution in [2.24, 2.45) is 0 Å². The second-order valence-electron chi connectivity index (χ2n) is 7.07. The van der Waals surface area contributed by atoms with Crippen LogP contribution in [0.15, 0.2) is 64.8 Å². The van der Waals surface area contributed by atoms with Crippen LogP contribution in [0.3, 0.4) is 0 Å². The summed E-state index contributed by atoms with van der Waals surface area (Å²) >= 11 is 12.3. The first-order chi connectivity index (χ1) is 15.3. The highest BCUT2D eigenvalue weighted by atomic mass is 35.5.